The van der Waals surface area contributed by atoms with Crippen LogP contribution in [0.15, 0.2) is 18.3 Å². The number of hydrogen-bond donors (Lipinski definition) is 2. The zero-order valence-electron chi connectivity index (χ0n) is 9.01. The fourth-order valence-electron chi connectivity index (χ4n) is 1.73. The van der Waals surface area contributed by atoms with Crippen LogP contribution in [-0.2, 0) is 9.53 Å². The summed E-state index contributed by atoms with van der Waals surface area (Å²) in [6, 6.07) is 5.05. The monoisotopic (exact) mass is 233 g/mol. The van der Waals surface area contributed by atoms with Gasteiger partial charge in [0.25, 0.3) is 0 Å². The van der Waals surface area contributed by atoms with Gasteiger partial charge in [0.05, 0.1) is 6.61 Å². The number of nitrogens with one attached hydrogen (secondary N) is 1. The average Bonchev–Trinajstić information content (AvgIpc) is 2.79. The van der Waals surface area contributed by atoms with Crippen LogP contribution in [0.4, 0.5) is 5.69 Å². The molecule has 1 saturated heterocycles. The number of carboxylic acid groups (broad SMARTS) is 1. The van der Waals surface area contributed by atoms with Gasteiger partial charge in [0.2, 0.25) is 0 Å². The van der Waals surface area contributed by atoms with Crippen LogP contribution in [0, 0.1) is 11.3 Å². The maximum Gasteiger partial charge on any atom is 0.331 e. The molecule has 1 unspecified atom stereocenters. The summed E-state index contributed by atoms with van der Waals surface area (Å²) < 4.78 is 5.13. The van der Waals surface area contributed by atoms with E-state index in [1.807, 2.05) is 6.07 Å². The summed E-state index contributed by atoms with van der Waals surface area (Å²) in [7, 11) is 0. The first-order chi connectivity index (χ1) is 8.16. The maximum absolute atomic E-state index is 11.3. The van der Waals surface area contributed by atoms with E-state index in [1.165, 1.54) is 12.3 Å². The number of rotatable bonds is 3. The quantitative estimate of drug-likeness (QED) is 0.794. The van der Waals surface area contributed by atoms with Crippen molar-refractivity contribution in [2.45, 2.75) is 12.0 Å². The first kappa shape index (κ1) is 11.4. The number of nitrogens with zero attached hydrogens (tertiary/aromatic N) is 2. The van der Waals surface area contributed by atoms with Crippen molar-refractivity contribution < 1.29 is 14.6 Å². The number of nitriles is 1. The molecule has 0 radical (unpaired) electrons. The first-order valence-electron chi connectivity index (χ1n) is 5.12. The summed E-state index contributed by atoms with van der Waals surface area (Å²) in [5, 5.41) is 20.9. The molecule has 1 atom stereocenters. The summed E-state index contributed by atoms with van der Waals surface area (Å²) in [5.41, 5.74) is -0.299. The fraction of sp³-hybridized carbons (Fsp3) is 0.364. The third-order valence-electron chi connectivity index (χ3n) is 2.69. The highest BCUT2D eigenvalue weighted by molar-refractivity contribution is 5.83. The lowest BCUT2D eigenvalue weighted by Gasteiger charge is -2.24. The van der Waals surface area contributed by atoms with Gasteiger partial charge in [-0.2, -0.15) is 5.26 Å². The minimum Gasteiger partial charge on any atom is -0.479 e. The maximum atomic E-state index is 11.3. The highest BCUT2D eigenvalue weighted by atomic mass is 16.5. The molecule has 0 aromatic carbocycles. The molecule has 1 aromatic rings. The molecule has 1 fully saturated rings. The summed E-state index contributed by atoms with van der Waals surface area (Å²) in [4.78, 5) is 15.1. The smallest absolute Gasteiger partial charge is 0.331 e. The highest BCUT2D eigenvalue weighted by Gasteiger charge is 2.42. The number of ether oxygens (including phenoxy) is 1. The van der Waals surface area contributed by atoms with E-state index in [4.69, 9.17) is 10.00 Å². The highest BCUT2D eigenvalue weighted by Crippen LogP contribution is 2.24. The molecule has 1 aromatic heterocycles. The van der Waals surface area contributed by atoms with Gasteiger partial charge in [0, 0.05) is 24.9 Å². The van der Waals surface area contributed by atoms with Crippen molar-refractivity contribution in [3.05, 3.63) is 24.0 Å². The number of aliphatic carboxylic acids is 1. The van der Waals surface area contributed by atoms with Crippen LogP contribution in [0.5, 0.6) is 0 Å². The van der Waals surface area contributed by atoms with E-state index in [9.17, 15) is 9.90 Å². The van der Waals surface area contributed by atoms with Crippen molar-refractivity contribution in [1.29, 1.82) is 5.26 Å². The van der Waals surface area contributed by atoms with Gasteiger partial charge in [-0.05, 0) is 12.1 Å². The lowest BCUT2D eigenvalue weighted by atomic mass is 9.98. The van der Waals surface area contributed by atoms with Crippen LogP contribution < -0.4 is 5.32 Å². The standard InChI is InChI=1S/C11H11N3O3/c12-6-9-5-8(1-3-13-9)14-11(10(15)16)2-4-17-7-11/h1,3,5H,2,4,7H2,(H,13,14)(H,15,16). The summed E-state index contributed by atoms with van der Waals surface area (Å²) in [6.07, 6.45) is 1.86. The van der Waals surface area contributed by atoms with Crippen molar-refractivity contribution >= 4 is 11.7 Å². The van der Waals surface area contributed by atoms with Gasteiger partial charge in [0.15, 0.2) is 5.54 Å². The van der Waals surface area contributed by atoms with Gasteiger partial charge in [-0.1, -0.05) is 0 Å². The predicted octanol–water partition coefficient (Wildman–Crippen LogP) is 0.609. The molecule has 17 heavy (non-hydrogen) atoms. The largest absolute Gasteiger partial charge is 0.479 e. The Morgan fingerprint density at radius 3 is 3.12 bits per heavy atom. The predicted molar refractivity (Wildman–Crippen MR) is 58.4 cm³/mol. The second-order valence-corrected chi connectivity index (χ2v) is 3.86. The number of carbonyl (C=O) groups is 1. The van der Waals surface area contributed by atoms with Crippen molar-refractivity contribution in [3.63, 3.8) is 0 Å². The summed E-state index contributed by atoms with van der Waals surface area (Å²) >= 11 is 0. The molecule has 6 heteroatoms. The molecule has 2 heterocycles. The van der Waals surface area contributed by atoms with Crippen LogP contribution in [0.1, 0.15) is 12.1 Å². The molecule has 0 spiro atoms. The molecule has 88 valence electrons. The normalized spacial score (nSPS) is 23.0. The Morgan fingerprint density at radius 2 is 2.53 bits per heavy atom. The summed E-state index contributed by atoms with van der Waals surface area (Å²) in [5.74, 6) is -0.953. The molecule has 6 nitrogen and oxygen atoms in total. The van der Waals surface area contributed by atoms with Crippen molar-refractivity contribution in [2.24, 2.45) is 0 Å². The van der Waals surface area contributed by atoms with Gasteiger partial charge in [-0.15, -0.1) is 0 Å². The SMILES string of the molecule is N#Cc1cc(NC2(C(=O)O)CCOC2)ccn1. The fourth-order valence-corrected chi connectivity index (χ4v) is 1.73. The van der Waals surface area contributed by atoms with Crippen LogP contribution in [0.25, 0.3) is 0 Å². The zero-order valence-corrected chi connectivity index (χ0v) is 9.01. The molecule has 0 amide bonds. The molecular formula is C11H11N3O3. The number of carboxylic acids is 1. The van der Waals surface area contributed by atoms with Gasteiger partial charge in [0.1, 0.15) is 11.8 Å². The Labute approximate surface area is 97.8 Å². The Bertz CT molecular complexity index is 475. The van der Waals surface area contributed by atoms with E-state index in [0.29, 0.717) is 18.7 Å². The van der Waals surface area contributed by atoms with E-state index in [1.54, 1.807) is 6.07 Å². The van der Waals surface area contributed by atoms with Crippen LogP contribution in [0.2, 0.25) is 0 Å². The third kappa shape index (κ3) is 2.19. The molecule has 1 aliphatic heterocycles. The molecule has 0 aliphatic carbocycles. The molecular weight excluding hydrogens is 222 g/mol. The lowest BCUT2D eigenvalue weighted by molar-refractivity contribution is -0.142. The van der Waals surface area contributed by atoms with Crippen molar-refractivity contribution in [3.8, 4) is 6.07 Å². The molecule has 2 rings (SSSR count). The third-order valence-corrected chi connectivity index (χ3v) is 2.69. The van der Waals surface area contributed by atoms with Gasteiger partial charge in [-0.25, -0.2) is 9.78 Å². The van der Waals surface area contributed by atoms with E-state index in [0.717, 1.165) is 0 Å². The van der Waals surface area contributed by atoms with Crippen LogP contribution >= 0.6 is 0 Å². The van der Waals surface area contributed by atoms with E-state index >= 15 is 0 Å². The van der Waals surface area contributed by atoms with Gasteiger partial charge < -0.3 is 15.2 Å². The van der Waals surface area contributed by atoms with Gasteiger partial charge in [-0.3, -0.25) is 0 Å². The Morgan fingerprint density at radius 1 is 1.71 bits per heavy atom. The number of pyridine rings is 1. The Hall–Kier alpha value is -2.13. The zero-order chi connectivity index (χ0) is 12.3. The molecule has 1 aliphatic rings. The topological polar surface area (TPSA) is 95.2 Å². The van der Waals surface area contributed by atoms with E-state index < -0.39 is 11.5 Å². The second-order valence-electron chi connectivity index (χ2n) is 3.86. The minimum atomic E-state index is -1.10. The molecule has 2 N–H and O–H groups in total. The number of hydrogen-bond acceptors (Lipinski definition) is 5. The van der Waals surface area contributed by atoms with E-state index in [2.05, 4.69) is 10.3 Å². The minimum absolute atomic E-state index is 0.118. The number of anilines is 1. The molecule has 0 saturated carbocycles. The Balaban J connectivity index is 2.24. The summed E-state index contributed by atoms with van der Waals surface area (Å²) in [6.45, 7) is 0.530. The lowest BCUT2D eigenvalue weighted by Crippen LogP contribution is -2.47. The van der Waals surface area contributed by atoms with E-state index in [-0.39, 0.29) is 12.3 Å². The first-order valence-corrected chi connectivity index (χ1v) is 5.12. The Kier molecular flexibility index (Phi) is 2.93. The van der Waals surface area contributed by atoms with Crippen LogP contribution in [-0.4, -0.2) is 34.8 Å². The second kappa shape index (κ2) is 4.39. The van der Waals surface area contributed by atoms with Gasteiger partial charge >= 0.3 is 5.97 Å². The average molecular weight is 233 g/mol. The number of aromatic nitrogens is 1. The molecule has 0 bridgehead atoms. The van der Waals surface area contributed by atoms with Crippen molar-refractivity contribution in [2.75, 3.05) is 18.5 Å². The van der Waals surface area contributed by atoms with Crippen LogP contribution in [0.3, 0.4) is 0 Å². The van der Waals surface area contributed by atoms with Crippen molar-refractivity contribution in [1.82, 2.24) is 4.98 Å².